The molecule has 1 aromatic heterocycles. The Labute approximate surface area is 143 Å². The number of aryl methyl sites for hydroxylation is 2. The Hall–Kier alpha value is -2.08. The van der Waals surface area contributed by atoms with E-state index in [1.165, 1.54) is 5.56 Å². The summed E-state index contributed by atoms with van der Waals surface area (Å²) in [4.78, 5) is 6.37. The molecule has 1 aliphatic rings. The van der Waals surface area contributed by atoms with Gasteiger partial charge in [0.2, 0.25) is 10.0 Å². The number of nitrogens with one attached hydrogen (secondary N) is 1. The highest BCUT2D eigenvalue weighted by Gasteiger charge is 2.30. The van der Waals surface area contributed by atoms with E-state index >= 15 is 0 Å². The van der Waals surface area contributed by atoms with Crippen molar-refractivity contribution in [3.05, 3.63) is 53.7 Å². The molecule has 0 unspecified atom stereocenters. The fourth-order valence-electron chi connectivity index (χ4n) is 2.94. The van der Waals surface area contributed by atoms with Gasteiger partial charge in [0.05, 0.1) is 5.25 Å². The lowest BCUT2D eigenvalue weighted by Crippen LogP contribution is -2.41. The van der Waals surface area contributed by atoms with Gasteiger partial charge in [0, 0.05) is 25.0 Å². The molecule has 24 heavy (non-hydrogen) atoms. The van der Waals surface area contributed by atoms with Crippen LogP contribution in [0.1, 0.15) is 24.0 Å². The Bertz CT molecular complexity index is 778. The van der Waals surface area contributed by atoms with Gasteiger partial charge in [0.15, 0.2) is 0 Å². The van der Waals surface area contributed by atoms with Gasteiger partial charge in [-0.25, -0.2) is 13.4 Å². The first-order valence-corrected chi connectivity index (χ1v) is 9.74. The summed E-state index contributed by atoms with van der Waals surface area (Å²) in [5, 5.41) is -0.373. The van der Waals surface area contributed by atoms with E-state index in [4.69, 9.17) is 0 Å². The number of anilines is 2. The topological polar surface area (TPSA) is 62.3 Å². The number of aromatic nitrogens is 1. The van der Waals surface area contributed by atoms with E-state index in [-0.39, 0.29) is 5.25 Å². The molecule has 128 valence electrons. The number of benzene rings is 1. The van der Waals surface area contributed by atoms with Crippen LogP contribution in [0.15, 0.2) is 42.6 Å². The van der Waals surface area contributed by atoms with Crippen LogP contribution < -0.4 is 9.62 Å². The first-order valence-electron chi connectivity index (χ1n) is 8.20. The molecule has 0 aliphatic carbocycles. The largest absolute Gasteiger partial charge is 0.371 e. The van der Waals surface area contributed by atoms with Gasteiger partial charge in [-0.2, -0.15) is 0 Å². The quantitative estimate of drug-likeness (QED) is 0.925. The molecule has 1 saturated heterocycles. The molecule has 0 amide bonds. The van der Waals surface area contributed by atoms with E-state index in [1.54, 1.807) is 12.3 Å². The van der Waals surface area contributed by atoms with Gasteiger partial charge in [0.25, 0.3) is 0 Å². The maximum Gasteiger partial charge on any atom is 0.236 e. The highest BCUT2D eigenvalue weighted by atomic mass is 32.2. The first-order chi connectivity index (χ1) is 11.4. The van der Waals surface area contributed by atoms with Crippen LogP contribution >= 0.6 is 0 Å². The van der Waals surface area contributed by atoms with Crippen molar-refractivity contribution >= 4 is 21.5 Å². The monoisotopic (exact) mass is 345 g/mol. The predicted octanol–water partition coefficient (Wildman–Crippen LogP) is 3.11. The van der Waals surface area contributed by atoms with E-state index in [9.17, 15) is 8.42 Å². The average Bonchev–Trinajstić information content (AvgIpc) is 2.58. The van der Waals surface area contributed by atoms with E-state index in [0.717, 1.165) is 24.3 Å². The zero-order chi connectivity index (χ0) is 17.2. The summed E-state index contributed by atoms with van der Waals surface area (Å²) in [5.41, 5.74) is 3.39. The van der Waals surface area contributed by atoms with Crippen LogP contribution in [-0.2, 0) is 10.0 Å². The van der Waals surface area contributed by atoms with Crippen LogP contribution in [0.4, 0.5) is 11.5 Å². The van der Waals surface area contributed by atoms with E-state index in [2.05, 4.69) is 45.8 Å². The SMILES string of the molecule is Cc1ccc(N2CCC(S(=O)(=O)Nc3ccc(C)cn3)CC2)cc1. The molecule has 0 atom stereocenters. The molecule has 5 nitrogen and oxygen atoms in total. The van der Waals surface area contributed by atoms with Crippen LogP contribution in [-0.4, -0.2) is 31.7 Å². The van der Waals surface area contributed by atoms with Crippen molar-refractivity contribution in [3.63, 3.8) is 0 Å². The van der Waals surface area contributed by atoms with Gasteiger partial charge >= 0.3 is 0 Å². The number of piperidine rings is 1. The minimum absolute atomic E-state index is 0.373. The van der Waals surface area contributed by atoms with Gasteiger partial charge in [-0.15, -0.1) is 0 Å². The Kier molecular flexibility index (Phi) is 4.76. The summed E-state index contributed by atoms with van der Waals surface area (Å²) in [6.07, 6.45) is 2.90. The highest BCUT2D eigenvalue weighted by Crippen LogP contribution is 2.24. The van der Waals surface area contributed by atoms with Crippen molar-refractivity contribution < 1.29 is 8.42 Å². The summed E-state index contributed by atoms with van der Waals surface area (Å²) in [6.45, 7) is 5.48. The third kappa shape index (κ3) is 3.87. The van der Waals surface area contributed by atoms with Gasteiger partial charge in [-0.05, 0) is 50.5 Å². The van der Waals surface area contributed by atoms with Crippen LogP contribution in [0.3, 0.4) is 0 Å². The number of hydrogen-bond acceptors (Lipinski definition) is 4. The molecule has 0 spiro atoms. The Morgan fingerprint density at radius 1 is 1.00 bits per heavy atom. The summed E-state index contributed by atoms with van der Waals surface area (Å²) in [7, 11) is -3.40. The maximum absolute atomic E-state index is 12.6. The molecule has 3 rings (SSSR count). The third-order valence-electron chi connectivity index (χ3n) is 4.44. The summed E-state index contributed by atoms with van der Waals surface area (Å²) in [6, 6.07) is 11.9. The number of nitrogens with zero attached hydrogens (tertiary/aromatic N) is 2. The van der Waals surface area contributed by atoms with Crippen LogP contribution in [0, 0.1) is 13.8 Å². The normalized spacial score (nSPS) is 16.2. The summed E-state index contributed by atoms with van der Waals surface area (Å²) < 4.78 is 27.7. The number of hydrogen-bond donors (Lipinski definition) is 1. The third-order valence-corrected chi connectivity index (χ3v) is 6.28. The summed E-state index contributed by atoms with van der Waals surface area (Å²) in [5.74, 6) is 0.390. The molecule has 0 saturated carbocycles. The van der Waals surface area contributed by atoms with Gasteiger partial charge in [-0.1, -0.05) is 23.8 Å². The van der Waals surface area contributed by atoms with Crippen molar-refractivity contribution in [2.75, 3.05) is 22.7 Å². The lowest BCUT2D eigenvalue weighted by Gasteiger charge is -2.33. The first kappa shape index (κ1) is 16.8. The van der Waals surface area contributed by atoms with E-state index in [0.29, 0.717) is 18.7 Å². The lowest BCUT2D eigenvalue weighted by atomic mass is 10.1. The van der Waals surface area contributed by atoms with Crippen LogP contribution in [0.25, 0.3) is 0 Å². The smallest absolute Gasteiger partial charge is 0.236 e. The molecule has 0 bridgehead atoms. The minimum Gasteiger partial charge on any atom is -0.371 e. The van der Waals surface area contributed by atoms with Crippen molar-refractivity contribution in [2.24, 2.45) is 0 Å². The predicted molar refractivity (Wildman–Crippen MR) is 97.9 cm³/mol. The van der Waals surface area contributed by atoms with Gasteiger partial charge in [-0.3, -0.25) is 4.72 Å². The Morgan fingerprint density at radius 3 is 2.21 bits per heavy atom. The van der Waals surface area contributed by atoms with Crippen LogP contribution in [0.5, 0.6) is 0 Å². The van der Waals surface area contributed by atoms with Crippen LogP contribution in [0.2, 0.25) is 0 Å². The number of pyridine rings is 1. The Balaban J connectivity index is 1.62. The van der Waals surface area contributed by atoms with Gasteiger partial charge in [0.1, 0.15) is 5.82 Å². The fourth-order valence-corrected chi connectivity index (χ4v) is 4.35. The molecule has 2 aromatic rings. The van der Waals surface area contributed by atoms with Crippen molar-refractivity contribution in [3.8, 4) is 0 Å². The molecule has 1 fully saturated rings. The average molecular weight is 345 g/mol. The van der Waals surface area contributed by atoms with E-state index < -0.39 is 10.0 Å². The second kappa shape index (κ2) is 6.81. The molecular formula is C18H23N3O2S. The fraction of sp³-hybridized carbons (Fsp3) is 0.389. The second-order valence-corrected chi connectivity index (χ2v) is 8.35. The second-order valence-electron chi connectivity index (χ2n) is 6.39. The zero-order valence-corrected chi connectivity index (χ0v) is 14.9. The van der Waals surface area contributed by atoms with E-state index in [1.807, 2.05) is 13.0 Å². The molecule has 6 heteroatoms. The number of rotatable bonds is 4. The molecule has 1 aliphatic heterocycles. The molecule has 2 heterocycles. The van der Waals surface area contributed by atoms with Crippen molar-refractivity contribution in [2.45, 2.75) is 31.9 Å². The summed E-state index contributed by atoms with van der Waals surface area (Å²) >= 11 is 0. The maximum atomic E-state index is 12.6. The Morgan fingerprint density at radius 2 is 1.62 bits per heavy atom. The minimum atomic E-state index is -3.40. The molecule has 0 radical (unpaired) electrons. The molecule has 1 N–H and O–H groups in total. The van der Waals surface area contributed by atoms with Crippen molar-refractivity contribution in [1.82, 2.24) is 4.98 Å². The zero-order valence-electron chi connectivity index (χ0n) is 14.1. The standard InChI is InChI=1S/C18H23N3O2S/c1-14-3-6-16(7-4-14)21-11-9-17(10-12-21)24(22,23)20-18-8-5-15(2)13-19-18/h3-8,13,17H,9-12H2,1-2H3,(H,19,20). The van der Waals surface area contributed by atoms with Gasteiger partial charge < -0.3 is 4.90 Å². The molecular weight excluding hydrogens is 322 g/mol. The number of sulfonamides is 1. The highest BCUT2D eigenvalue weighted by molar-refractivity contribution is 7.93. The molecule has 1 aromatic carbocycles. The lowest BCUT2D eigenvalue weighted by molar-refractivity contribution is 0.533. The van der Waals surface area contributed by atoms with Crippen molar-refractivity contribution in [1.29, 1.82) is 0 Å².